The zero-order chi connectivity index (χ0) is 8.55. The second-order valence-electron chi connectivity index (χ2n) is 2.74. The van der Waals surface area contributed by atoms with E-state index >= 15 is 0 Å². The summed E-state index contributed by atoms with van der Waals surface area (Å²) in [5.74, 6) is 0.441. The predicted molar refractivity (Wildman–Crippen MR) is 44.4 cm³/mol. The molecule has 2 N–H and O–H groups in total. The number of hydrogen-bond donors (Lipinski definition) is 1. The number of fused-ring (bicyclic) bond motifs is 1. The summed E-state index contributed by atoms with van der Waals surface area (Å²) in [6, 6.07) is 0. The number of carbonyl (C=O) groups is 1. The van der Waals surface area contributed by atoms with E-state index in [1.54, 1.807) is 6.20 Å². The lowest BCUT2D eigenvalue weighted by atomic mass is 10.2. The van der Waals surface area contributed by atoms with Crippen LogP contribution >= 0.6 is 0 Å². The van der Waals surface area contributed by atoms with Gasteiger partial charge in [-0.05, 0) is 6.42 Å². The van der Waals surface area contributed by atoms with Crippen molar-refractivity contribution in [2.75, 3.05) is 0 Å². The van der Waals surface area contributed by atoms with Gasteiger partial charge >= 0.3 is 0 Å². The molecule has 0 saturated carbocycles. The van der Waals surface area contributed by atoms with Crippen LogP contribution in [0.1, 0.15) is 22.7 Å². The van der Waals surface area contributed by atoms with Crippen LogP contribution in [0.4, 0.5) is 0 Å². The van der Waals surface area contributed by atoms with Gasteiger partial charge < -0.3 is 10.3 Å². The van der Waals surface area contributed by atoms with Crippen molar-refractivity contribution in [3.63, 3.8) is 0 Å². The molecule has 0 atom stereocenters. The fourth-order valence-corrected chi connectivity index (χ4v) is 1.27. The van der Waals surface area contributed by atoms with E-state index in [1.165, 1.54) is 0 Å². The van der Waals surface area contributed by atoms with Gasteiger partial charge in [0.25, 0.3) is 5.91 Å². The molecule has 4 nitrogen and oxygen atoms in total. The maximum absolute atomic E-state index is 10.7. The van der Waals surface area contributed by atoms with E-state index in [-0.39, 0.29) is 0 Å². The number of rotatable bonds is 1. The van der Waals surface area contributed by atoms with Gasteiger partial charge in [-0.15, -0.1) is 0 Å². The molecule has 2 rings (SSSR count). The Morgan fingerprint density at radius 1 is 1.67 bits per heavy atom. The molecule has 62 valence electrons. The highest BCUT2D eigenvalue weighted by molar-refractivity contribution is 5.90. The number of nitrogens with two attached hydrogens (primary N) is 1. The Hall–Kier alpha value is -1.58. The highest BCUT2D eigenvalue weighted by Crippen LogP contribution is 2.11. The first-order valence-electron chi connectivity index (χ1n) is 3.81. The topological polar surface area (TPSA) is 60.9 Å². The number of primary amides is 1. The Balaban J connectivity index is 2.46. The van der Waals surface area contributed by atoms with Crippen LogP contribution in [-0.2, 0) is 6.42 Å². The fourth-order valence-electron chi connectivity index (χ4n) is 1.27. The van der Waals surface area contributed by atoms with E-state index in [0.717, 1.165) is 18.7 Å². The fraction of sp³-hybridized carbons (Fsp3) is 0.250. The standard InChI is InChI=1S/C8H9N3O/c9-8(12)6-5-11-4-2-1-3-7(11)10-6/h2,4-5H,1,3H2,(H2,9,12). The molecule has 1 aliphatic heterocycles. The minimum Gasteiger partial charge on any atom is -0.364 e. The zero-order valence-corrected chi connectivity index (χ0v) is 6.53. The van der Waals surface area contributed by atoms with Crippen molar-refractivity contribution in [1.82, 2.24) is 9.55 Å². The van der Waals surface area contributed by atoms with Crippen molar-refractivity contribution >= 4 is 12.1 Å². The maximum atomic E-state index is 10.7. The average molecular weight is 163 g/mol. The summed E-state index contributed by atoms with van der Waals surface area (Å²) >= 11 is 0. The Kier molecular flexibility index (Phi) is 1.46. The molecule has 0 aromatic carbocycles. The number of amides is 1. The van der Waals surface area contributed by atoms with E-state index < -0.39 is 5.91 Å². The summed E-state index contributed by atoms with van der Waals surface area (Å²) in [5.41, 5.74) is 5.43. The molecular weight excluding hydrogens is 154 g/mol. The molecule has 1 amide bonds. The number of carbonyl (C=O) groups excluding carboxylic acids is 1. The SMILES string of the molecule is NC(=O)c1cn2c(n1)CCC=C2. The first kappa shape index (κ1) is 7.09. The second kappa shape index (κ2) is 2.48. The molecule has 4 heteroatoms. The van der Waals surface area contributed by atoms with Crippen LogP contribution in [-0.4, -0.2) is 15.5 Å². The lowest BCUT2D eigenvalue weighted by molar-refractivity contribution is 0.0996. The quantitative estimate of drug-likeness (QED) is 0.651. The van der Waals surface area contributed by atoms with Crippen LogP contribution in [0, 0.1) is 0 Å². The van der Waals surface area contributed by atoms with Gasteiger partial charge in [0.05, 0.1) is 0 Å². The summed E-state index contributed by atoms with van der Waals surface area (Å²) in [5, 5.41) is 0. The largest absolute Gasteiger partial charge is 0.364 e. The van der Waals surface area contributed by atoms with Gasteiger partial charge in [-0.1, -0.05) is 6.08 Å². The van der Waals surface area contributed by atoms with Crippen LogP contribution in [0.3, 0.4) is 0 Å². The minimum absolute atomic E-state index is 0.344. The third kappa shape index (κ3) is 1.01. The van der Waals surface area contributed by atoms with Gasteiger partial charge in [-0.2, -0.15) is 0 Å². The van der Waals surface area contributed by atoms with Gasteiger partial charge in [0.1, 0.15) is 11.5 Å². The molecule has 12 heavy (non-hydrogen) atoms. The number of hydrogen-bond acceptors (Lipinski definition) is 2. The lowest BCUT2D eigenvalue weighted by Crippen LogP contribution is -2.11. The molecular formula is C8H9N3O. The summed E-state index contributed by atoms with van der Waals surface area (Å²) < 4.78 is 1.84. The van der Waals surface area contributed by atoms with E-state index in [4.69, 9.17) is 5.73 Å². The van der Waals surface area contributed by atoms with Gasteiger partial charge in [0.2, 0.25) is 0 Å². The number of aromatic nitrogens is 2. The summed E-state index contributed by atoms with van der Waals surface area (Å²) in [6.07, 6.45) is 7.46. The number of imidazole rings is 1. The average Bonchev–Trinajstić information content (AvgIpc) is 2.46. The first-order valence-corrected chi connectivity index (χ1v) is 3.81. The van der Waals surface area contributed by atoms with E-state index in [2.05, 4.69) is 4.98 Å². The van der Waals surface area contributed by atoms with Gasteiger partial charge in [0.15, 0.2) is 0 Å². The molecule has 0 bridgehead atoms. The molecule has 0 fully saturated rings. The molecule has 1 aromatic heterocycles. The molecule has 2 heterocycles. The molecule has 0 spiro atoms. The van der Waals surface area contributed by atoms with Crippen molar-refractivity contribution in [1.29, 1.82) is 0 Å². The monoisotopic (exact) mass is 163 g/mol. The minimum atomic E-state index is -0.467. The number of allylic oxidation sites excluding steroid dienone is 1. The third-order valence-electron chi connectivity index (χ3n) is 1.86. The summed E-state index contributed by atoms with van der Waals surface area (Å²) in [4.78, 5) is 14.8. The lowest BCUT2D eigenvalue weighted by Gasteiger charge is -2.04. The van der Waals surface area contributed by atoms with Crippen LogP contribution in [0.5, 0.6) is 0 Å². The van der Waals surface area contributed by atoms with E-state index in [9.17, 15) is 4.79 Å². The maximum Gasteiger partial charge on any atom is 0.268 e. The van der Waals surface area contributed by atoms with Crippen LogP contribution in [0.15, 0.2) is 12.3 Å². The van der Waals surface area contributed by atoms with Crippen molar-refractivity contribution < 1.29 is 4.79 Å². The molecule has 0 aliphatic carbocycles. The first-order chi connectivity index (χ1) is 5.77. The highest BCUT2D eigenvalue weighted by atomic mass is 16.1. The summed E-state index contributed by atoms with van der Waals surface area (Å²) in [6.45, 7) is 0. The predicted octanol–water partition coefficient (Wildman–Crippen LogP) is 0.399. The summed E-state index contributed by atoms with van der Waals surface area (Å²) in [7, 11) is 0. The smallest absolute Gasteiger partial charge is 0.268 e. The van der Waals surface area contributed by atoms with Crippen LogP contribution < -0.4 is 5.73 Å². The van der Waals surface area contributed by atoms with Crippen LogP contribution in [0.25, 0.3) is 6.20 Å². The van der Waals surface area contributed by atoms with Gasteiger partial charge in [0, 0.05) is 18.8 Å². The molecule has 0 saturated heterocycles. The van der Waals surface area contributed by atoms with Gasteiger partial charge in [-0.3, -0.25) is 4.79 Å². The number of nitrogens with zero attached hydrogens (tertiary/aromatic N) is 2. The zero-order valence-electron chi connectivity index (χ0n) is 6.53. The van der Waals surface area contributed by atoms with Crippen molar-refractivity contribution in [2.45, 2.75) is 12.8 Å². The van der Waals surface area contributed by atoms with E-state index in [0.29, 0.717) is 5.69 Å². The molecule has 0 unspecified atom stereocenters. The Morgan fingerprint density at radius 3 is 3.17 bits per heavy atom. The Morgan fingerprint density at radius 2 is 2.50 bits per heavy atom. The van der Waals surface area contributed by atoms with Crippen LogP contribution in [0.2, 0.25) is 0 Å². The Bertz CT molecular complexity index is 351. The van der Waals surface area contributed by atoms with Crippen molar-refractivity contribution in [2.24, 2.45) is 5.73 Å². The highest BCUT2D eigenvalue weighted by Gasteiger charge is 2.11. The normalized spacial score (nSPS) is 14.3. The van der Waals surface area contributed by atoms with E-state index in [1.807, 2.05) is 16.8 Å². The van der Waals surface area contributed by atoms with Gasteiger partial charge in [-0.25, -0.2) is 4.98 Å². The molecule has 1 aliphatic rings. The van der Waals surface area contributed by atoms with Crippen molar-refractivity contribution in [3.05, 3.63) is 23.8 Å². The molecule has 1 aromatic rings. The second-order valence-corrected chi connectivity index (χ2v) is 2.74. The number of aryl methyl sites for hydroxylation is 1. The molecule has 0 radical (unpaired) electrons. The third-order valence-corrected chi connectivity index (χ3v) is 1.86. The van der Waals surface area contributed by atoms with Crippen molar-refractivity contribution in [3.8, 4) is 0 Å². The Labute approximate surface area is 69.7 Å².